The molecule has 0 aromatic heterocycles. The third kappa shape index (κ3) is 2.38. The summed E-state index contributed by atoms with van der Waals surface area (Å²) in [6, 6.07) is 5.43. The van der Waals surface area contributed by atoms with Crippen molar-refractivity contribution >= 4 is 23.2 Å². The van der Waals surface area contributed by atoms with E-state index < -0.39 is 0 Å². The van der Waals surface area contributed by atoms with Crippen LogP contribution in [0.1, 0.15) is 13.8 Å². The third-order valence-corrected chi connectivity index (χ3v) is 3.42. The first-order chi connectivity index (χ1) is 8.44. The lowest BCUT2D eigenvalue weighted by molar-refractivity contribution is -0.121. The molecule has 98 valence electrons. The molecule has 2 rings (SSSR count). The summed E-state index contributed by atoms with van der Waals surface area (Å²) in [5.74, 6) is 0.735. The highest BCUT2D eigenvalue weighted by molar-refractivity contribution is 6.31. The van der Waals surface area contributed by atoms with Crippen molar-refractivity contribution in [1.82, 2.24) is 5.32 Å². The topological polar surface area (TPSA) is 41.6 Å². The standard InChI is InChI=1S/C13H17ClN2O2/c1-13(2)8-15-12(17)7-16(13)10-6-9(14)4-5-11(10)18-3/h4-6H,7-8H2,1-3H3,(H,15,17). The fourth-order valence-electron chi connectivity index (χ4n) is 2.11. The average Bonchev–Trinajstić information content (AvgIpc) is 2.32. The molecular weight excluding hydrogens is 252 g/mol. The van der Waals surface area contributed by atoms with Crippen LogP contribution in [0, 0.1) is 0 Å². The summed E-state index contributed by atoms with van der Waals surface area (Å²) in [4.78, 5) is 13.6. The second-order valence-corrected chi connectivity index (χ2v) is 5.43. The molecule has 0 spiro atoms. The number of halogens is 1. The van der Waals surface area contributed by atoms with Gasteiger partial charge in [-0.1, -0.05) is 11.6 Å². The van der Waals surface area contributed by atoms with E-state index in [9.17, 15) is 4.79 Å². The molecule has 0 aliphatic carbocycles. The molecule has 0 radical (unpaired) electrons. The molecule has 18 heavy (non-hydrogen) atoms. The van der Waals surface area contributed by atoms with Gasteiger partial charge >= 0.3 is 0 Å². The van der Waals surface area contributed by atoms with E-state index >= 15 is 0 Å². The lowest BCUT2D eigenvalue weighted by Crippen LogP contribution is -2.60. The number of hydrogen-bond donors (Lipinski definition) is 1. The van der Waals surface area contributed by atoms with Crippen LogP contribution in [0.4, 0.5) is 5.69 Å². The van der Waals surface area contributed by atoms with E-state index in [0.29, 0.717) is 18.1 Å². The second kappa shape index (κ2) is 4.69. The minimum Gasteiger partial charge on any atom is -0.495 e. The number of carbonyl (C=O) groups excluding carboxylic acids is 1. The Morgan fingerprint density at radius 2 is 2.17 bits per heavy atom. The van der Waals surface area contributed by atoms with Gasteiger partial charge in [0.05, 0.1) is 24.9 Å². The molecule has 1 aromatic rings. The second-order valence-electron chi connectivity index (χ2n) is 4.99. The first-order valence-corrected chi connectivity index (χ1v) is 6.20. The highest BCUT2D eigenvalue weighted by atomic mass is 35.5. The molecule has 0 atom stereocenters. The number of benzene rings is 1. The molecule has 5 heteroatoms. The highest BCUT2D eigenvalue weighted by Crippen LogP contribution is 2.35. The number of ether oxygens (including phenoxy) is 1. The van der Waals surface area contributed by atoms with E-state index in [1.54, 1.807) is 13.2 Å². The summed E-state index contributed by atoms with van der Waals surface area (Å²) < 4.78 is 5.35. The van der Waals surface area contributed by atoms with Crippen molar-refractivity contribution in [3.05, 3.63) is 23.2 Å². The normalized spacial score (nSPS) is 18.4. The molecule has 1 saturated heterocycles. The van der Waals surface area contributed by atoms with Gasteiger partial charge in [0.2, 0.25) is 5.91 Å². The van der Waals surface area contributed by atoms with Gasteiger partial charge in [0.15, 0.2) is 0 Å². The largest absolute Gasteiger partial charge is 0.495 e. The Hall–Kier alpha value is -1.42. The van der Waals surface area contributed by atoms with Crippen molar-refractivity contribution < 1.29 is 9.53 Å². The minimum absolute atomic E-state index is 0.0105. The molecule has 4 nitrogen and oxygen atoms in total. The van der Waals surface area contributed by atoms with Crippen LogP contribution in [0.15, 0.2) is 18.2 Å². The Balaban J connectivity index is 2.45. The first kappa shape index (κ1) is 13.0. The SMILES string of the molecule is COc1ccc(Cl)cc1N1CC(=O)NCC1(C)C. The Morgan fingerprint density at radius 3 is 2.83 bits per heavy atom. The number of piperazine rings is 1. The number of nitrogens with zero attached hydrogens (tertiary/aromatic N) is 1. The monoisotopic (exact) mass is 268 g/mol. The molecular formula is C13H17ClN2O2. The minimum atomic E-state index is -0.175. The van der Waals surface area contributed by atoms with Gasteiger partial charge in [0, 0.05) is 11.6 Å². The van der Waals surface area contributed by atoms with E-state index in [1.807, 2.05) is 17.0 Å². The van der Waals surface area contributed by atoms with Crippen molar-refractivity contribution in [2.24, 2.45) is 0 Å². The fraction of sp³-hybridized carbons (Fsp3) is 0.462. The van der Waals surface area contributed by atoms with Crippen molar-refractivity contribution in [1.29, 1.82) is 0 Å². The van der Waals surface area contributed by atoms with Crippen LogP contribution in [0.3, 0.4) is 0 Å². The van der Waals surface area contributed by atoms with Crippen LogP contribution in [0.5, 0.6) is 5.75 Å². The maximum absolute atomic E-state index is 11.6. The molecule has 1 aliphatic rings. The highest BCUT2D eigenvalue weighted by Gasteiger charge is 2.34. The van der Waals surface area contributed by atoms with Gasteiger partial charge in [-0.05, 0) is 32.0 Å². The zero-order valence-electron chi connectivity index (χ0n) is 10.8. The molecule has 1 fully saturated rings. The molecule has 0 bridgehead atoms. The van der Waals surface area contributed by atoms with Gasteiger partial charge in [-0.3, -0.25) is 4.79 Å². The van der Waals surface area contributed by atoms with Gasteiger partial charge in [0.1, 0.15) is 5.75 Å². The predicted octanol–water partition coefficient (Wildman–Crippen LogP) is 2.06. The van der Waals surface area contributed by atoms with E-state index in [2.05, 4.69) is 19.2 Å². The van der Waals surface area contributed by atoms with Gasteiger partial charge in [-0.25, -0.2) is 0 Å². The fourth-order valence-corrected chi connectivity index (χ4v) is 2.28. The number of amides is 1. The van der Waals surface area contributed by atoms with E-state index in [-0.39, 0.29) is 11.4 Å². The molecule has 1 N–H and O–H groups in total. The van der Waals surface area contributed by atoms with Gasteiger partial charge < -0.3 is 15.0 Å². The zero-order valence-corrected chi connectivity index (χ0v) is 11.5. The van der Waals surface area contributed by atoms with Crippen LogP contribution in [0.2, 0.25) is 5.02 Å². The third-order valence-electron chi connectivity index (χ3n) is 3.18. The quantitative estimate of drug-likeness (QED) is 0.893. The Kier molecular flexibility index (Phi) is 3.39. The zero-order chi connectivity index (χ0) is 13.3. The number of hydrogen-bond acceptors (Lipinski definition) is 3. The van der Waals surface area contributed by atoms with Crippen molar-refractivity contribution in [3.63, 3.8) is 0 Å². The van der Waals surface area contributed by atoms with E-state index in [4.69, 9.17) is 16.3 Å². The Morgan fingerprint density at radius 1 is 1.44 bits per heavy atom. The summed E-state index contributed by atoms with van der Waals surface area (Å²) in [7, 11) is 1.61. The van der Waals surface area contributed by atoms with Crippen molar-refractivity contribution in [2.75, 3.05) is 25.1 Å². The predicted molar refractivity (Wildman–Crippen MR) is 72.4 cm³/mol. The first-order valence-electron chi connectivity index (χ1n) is 5.82. The summed E-state index contributed by atoms with van der Waals surface area (Å²) in [5.41, 5.74) is 0.677. The molecule has 1 aliphatic heterocycles. The van der Waals surface area contributed by atoms with E-state index in [0.717, 1.165) is 11.4 Å². The maximum atomic E-state index is 11.6. The summed E-state index contributed by atoms with van der Waals surface area (Å²) >= 11 is 6.04. The maximum Gasteiger partial charge on any atom is 0.239 e. The number of rotatable bonds is 2. The van der Waals surface area contributed by atoms with Gasteiger partial charge in [-0.2, -0.15) is 0 Å². The number of anilines is 1. The summed E-state index contributed by atoms with van der Waals surface area (Å²) in [6.45, 7) is 5.06. The van der Waals surface area contributed by atoms with Gasteiger partial charge in [-0.15, -0.1) is 0 Å². The van der Waals surface area contributed by atoms with E-state index in [1.165, 1.54) is 0 Å². The number of methoxy groups -OCH3 is 1. The Bertz CT molecular complexity index is 474. The molecule has 1 aromatic carbocycles. The molecule has 1 heterocycles. The lowest BCUT2D eigenvalue weighted by atomic mass is 9.98. The molecule has 1 amide bonds. The summed E-state index contributed by atoms with van der Waals surface area (Å²) in [6.07, 6.45) is 0. The number of carbonyl (C=O) groups is 1. The smallest absolute Gasteiger partial charge is 0.239 e. The Labute approximate surface area is 112 Å². The average molecular weight is 269 g/mol. The van der Waals surface area contributed by atoms with Gasteiger partial charge in [0.25, 0.3) is 0 Å². The van der Waals surface area contributed by atoms with Crippen LogP contribution in [-0.4, -0.2) is 31.6 Å². The van der Waals surface area contributed by atoms with Crippen LogP contribution < -0.4 is 15.0 Å². The number of nitrogens with one attached hydrogen (secondary N) is 1. The van der Waals surface area contributed by atoms with Crippen LogP contribution in [0.25, 0.3) is 0 Å². The molecule has 0 saturated carbocycles. The summed E-state index contributed by atoms with van der Waals surface area (Å²) in [5, 5.41) is 3.50. The van der Waals surface area contributed by atoms with Crippen molar-refractivity contribution in [3.8, 4) is 5.75 Å². The van der Waals surface area contributed by atoms with Crippen LogP contribution >= 0.6 is 11.6 Å². The van der Waals surface area contributed by atoms with Crippen LogP contribution in [-0.2, 0) is 4.79 Å². The van der Waals surface area contributed by atoms with Crippen molar-refractivity contribution in [2.45, 2.75) is 19.4 Å². The lowest BCUT2D eigenvalue weighted by Gasteiger charge is -2.44. The molecule has 0 unspecified atom stereocenters.